The van der Waals surface area contributed by atoms with Crippen LogP contribution in [-0.4, -0.2) is 58.3 Å². The van der Waals surface area contributed by atoms with Gasteiger partial charge >= 0.3 is 0 Å². The average Bonchev–Trinajstić information content (AvgIpc) is 2.83. The van der Waals surface area contributed by atoms with Crippen molar-refractivity contribution in [1.29, 1.82) is 0 Å². The number of primary amides is 1. The Labute approximate surface area is 104 Å². The van der Waals surface area contributed by atoms with E-state index in [-0.39, 0.29) is 16.1 Å². The molecule has 1 amide bonds. The Hall–Kier alpha value is -2.02. The third kappa shape index (κ3) is 1.82. The van der Waals surface area contributed by atoms with Crippen LogP contribution in [0.25, 0.3) is 0 Å². The van der Waals surface area contributed by atoms with E-state index in [9.17, 15) is 14.4 Å². The minimum Gasteiger partial charge on any atom is -0.363 e. The quantitative estimate of drug-likeness (QED) is 0.529. The summed E-state index contributed by atoms with van der Waals surface area (Å²) >= 11 is 0. The van der Waals surface area contributed by atoms with Crippen LogP contribution in [0.15, 0.2) is 6.20 Å². The number of nitrogens with two attached hydrogens (primary N) is 1. The maximum absolute atomic E-state index is 12.3. The minimum absolute atomic E-state index is 0.130. The number of imidazole rings is 1. The summed E-state index contributed by atoms with van der Waals surface area (Å²) in [5, 5.41) is 0. The van der Waals surface area contributed by atoms with Crippen molar-refractivity contribution in [3.63, 3.8) is 0 Å². The number of ketones is 1. The third-order valence-electron chi connectivity index (χ3n) is 3.22. The molecule has 1 aromatic rings. The van der Waals surface area contributed by atoms with Gasteiger partial charge in [-0.1, -0.05) is 0 Å². The third-order valence-corrected chi connectivity index (χ3v) is 3.22. The standard InChI is InChI=1S/C11H13N4O3/c1-15(2)6-3-7(16)8(15)11(18)14-5-4-13-10(14)9(12)17/h5,8H,3,6H2,1-2H3,(H-,12,17)/p+1/t8-/m0/s1. The summed E-state index contributed by atoms with van der Waals surface area (Å²) < 4.78 is 1.28. The van der Waals surface area contributed by atoms with Crippen molar-refractivity contribution in [3.8, 4) is 0 Å². The van der Waals surface area contributed by atoms with Crippen LogP contribution in [0.3, 0.4) is 0 Å². The van der Waals surface area contributed by atoms with E-state index in [1.165, 1.54) is 6.20 Å². The first-order valence-electron chi connectivity index (χ1n) is 5.49. The van der Waals surface area contributed by atoms with Gasteiger partial charge in [-0.05, 0) is 0 Å². The molecule has 0 spiro atoms. The second-order valence-electron chi connectivity index (χ2n) is 4.89. The molecule has 2 heterocycles. The van der Waals surface area contributed by atoms with E-state index in [0.29, 0.717) is 13.0 Å². The highest BCUT2D eigenvalue weighted by Gasteiger charge is 2.47. The first-order valence-corrected chi connectivity index (χ1v) is 5.49. The fourth-order valence-electron chi connectivity index (χ4n) is 2.23. The maximum atomic E-state index is 12.3. The van der Waals surface area contributed by atoms with Gasteiger partial charge in [0.15, 0.2) is 0 Å². The molecule has 2 rings (SSSR count). The number of nitrogens with zero attached hydrogens (tertiary/aromatic N) is 3. The largest absolute Gasteiger partial charge is 0.363 e. The van der Waals surface area contributed by atoms with Crippen LogP contribution in [0.2, 0.25) is 0 Å². The van der Waals surface area contributed by atoms with Gasteiger partial charge in [0.25, 0.3) is 11.8 Å². The molecule has 1 aliphatic rings. The average molecular weight is 250 g/mol. The van der Waals surface area contributed by atoms with Crippen molar-refractivity contribution in [2.45, 2.75) is 12.5 Å². The molecular weight excluding hydrogens is 236 g/mol. The van der Waals surface area contributed by atoms with Crippen LogP contribution < -0.4 is 5.73 Å². The van der Waals surface area contributed by atoms with Crippen molar-refractivity contribution in [2.24, 2.45) is 5.73 Å². The van der Waals surface area contributed by atoms with E-state index in [4.69, 9.17) is 5.73 Å². The summed E-state index contributed by atoms with van der Waals surface area (Å²) in [5.74, 6) is -1.63. The Morgan fingerprint density at radius 1 is 1.56 bits per heavy atom. The molecule has 0 saturated carbocycles. The highest BCUT2D eigenvalue weighted by Crippen LogP contribution is 2.21. The molecule has 1 atom stereocenters. The predicted molar refractivity (Wildman–Crippen MR) is 60.6 cm³/mol. The Morgan fingerprint density at radius 2 is 2.22 bits per heavy atom. The van der Waals surface area contributed by atoms with E-state index >= 15 is 0 Å². The van der Waals surface area contributed by atoms with Gasteiger partial charge in [-0.25, -0.2) is 4.98 Å². The molecule has 0 aliphatic carbocycles. The lowest BCUT2D eigenvalue weighted by atomic mass is 10.1. The zero-order chi connectivity index (χ0) is 13.5. The topological polar surface area (TPSA) is 95.1 Å². The number of likely N-dealkylation sites (N-methyl/N-ethyl adjacent to an activating group) is 1. The van der Waals surface area contributed by atoms with Crippen LogP contribution in [-0.2, 0) is 4.79 Å². The van der Waals surface area contributed by atoms with Crippen molar-refractivity contribution < 1.29 is 18.9 Å². The SMILES string of the molecule is C[N+]1(C)CCC(=O)[C@H]1C(=O)n1c[c]nc1C(N)=O. The molecule has 2 N–H and O–H groups in total. The first-order chi connectivity index (χ1) is 8.34. The highest BCUT2D eigenvalue weighted by atomic mass is 16.2. The summed E-state index contributed by atoms with van der Waals surface area (Å²) in [4.78, 5) is 38.9. The monoisotopic (exact) mass is 250 g/mol. The zero-order valence-electron chi connectivity index (χ0n) is 10.2. The molecule has 7 heteroatoms. The molecule has 95 valence electrons. The van der Waals surface area contributed by atoms with Crippen molar-refractivity contribution in [1.82, 2.24) is 9.55 Å². The summed E-state index contributed by atoms with van der Waals surface area (Å²) in [6, 6.07) is -0.814. The number of Topliss-reactive ketones (excluding diaryl/α,β-unsaturated/α-hetero) is 1. The molecule has 1 saturated heterocycles. The molecule has 1 aliphatic heterocycles. The number of rotatable bonds is 2. The molecule has 1 radical (unpaired) electrons. The van der Waals surface area contributed by atoms with E-state index in [1.807, 2.05) is 0 Å². The second kappa shape index (κ2) is 4.02. The summed E-state index contributed by atoms with van der Waals surface area (Å²) in [5.41, 5.74) is 5.11. The number of amides is 1. The molecule has 1 fully saturated rings. The number of aromatic nitrogens is 2. The Morgan fingerprint density at radius 3 is 2.72 bits per heavy atom. The molecule has 1 aromatic heterocycles. The molecule has 0 bridgehead atoms. The number of hydrogen-bond donors (Lipinski definition) is 1. The lowest BCUT2D eigenvalue weighted by molar-refractivity contribution is -0.888. The molecule has 0 unspecified atom stereocenters. The van der Waals surface area contributed by atoms with Gasteiger partial charge in [0.1, 0.15) is 6.20 Å². The van der Waals surface area contributed by atoms with E-state index in [2.05, 4.69) is 11.2 Å². The van der Waals surface area contributed by atoms with Crippen LogP contribution in [0.5, 0.6) is 0 Å². The summed E-state index contributed by atoms with van der Waals surface area (Å²) in [7, 11) is 3.61. The van der Waals surface area contributed by atoms with Gasteiger partial charge in [-0.2, -0.15) is 0 Å². The van der Waals surface area contributed by atoms with Gasteiger partial charge < -0.3 is 10.2 Å². The Balaban J connectivity index is 2.40. The fourth-order valence-corrected chi connectivity index (χ4v) is 2.23. The number of carbonyl (C=O) groups excluding carboxylic acids is 3. The van der Waals surface area contributed by atoms with Gasteiger partial charge in [-0.15, -0.1) is 0 Å². The van der Waals surface area contributed by atoms with Crippen LogP contribution >= 0.6 is 0 Å². The van der Waals surface area contributed by atoms with E-state index in [1.54, 1.807) is 14.1 Å². The number of hydrogen-bond acceptors (Lipinski definition) is 4. The van der Waals surface area contributed by atoms with Gasteiger partial charge in [0.2, 0.25) is 17.6 Å². The van der Waals surface area contributed by atoms with Crippen LogP contribution in [0.4, 0.5) is 0 Å². The lowest BCUT2D eigenvalue weighted by Crippen LogP contribution is -2.52. The van der Waals surface area contributed by atoms with Crippen molar-refractivity contribution >= 4 is 17.6 Å². The Bertz CT molecular complexity index is 532. The van der Waals surface area contributed by atoms with E-state index < -0.39 is 17.9 Å². The minimum atomic E-state index is -0.819. The summed E-state index contributed by atoms with van der Waals surface area (Å²) in [6.45, 7) is 0.597. The van der Waals surface area contributed by atoms with Gasteiger partial charge in [0.05, 0.1) is 27.1 Å². The van der Waals surface area contributed by atoms with Crippen LogP contribution in [0, 0.1) is 6.20 Å². The summed E-state index contributed by atoms with van der Waals surface area (Å²) in [6.07, 6.45) is 3.98. The first kappa shape index (κ1) is 12.4. The Kier molecular flexibility index (Phi) is 2.78. The number of likely N-dealkylation sites (tertiary alicyclic amines) is 1. The number of quaternary nitrogens is 1. The zero-order valence-corrected chi connectivity index (χ0v) is 10.2. The molecule has 18 heavy (non-hydrogen) atoms. The van der Waals surface area contributed by atoms with Gasteiger partial charge in [-0.3, -0.25) is 19.0 Å². The molecule has 7 nitrogen and oxygen atoms in total. The lowest BCUT2D eigenvalue weighted by Gasteiger charge is -2.29. The highest BCUT2D eigenvalue weighted by molar-refractivity contribution is 6.07. The van der Waals surface area contributed by atoms with Crippen molar-refractivity contribution in [2.75, 3.05) is 20.6 Å². The number of carbonyl (C=O) groups is 3. The maximum Gasteiger partial charge on any atom is 0.298 e. The van der Waals surface area contributed by atoms with Gasteiger partial charge in [0, 0.05) is 6.20 Å². The van der Waals surface area contributed by atoms with Crippen LogP contribution in [0.1, 0.15) is 21.8 Å². The fraction of sp³-hybridized carbons (Fsp3) is 0.455. The smallest absolute Gasteiger partial charge is 0.298 e. The van der Waals surface area contributed by atoms with E-state index in [0.717, 1.165) is 4.57 Å². The normalized spacial score (nSPS) is 22.1. The molecular formula is C11H14N4O3+. The molecule has 0 aromatic carbocycles. The predicted octanol–water partition coefficient (Wildman–Crippen LogP) is -1.16. The second-order valence-corrected chi connectivity index (χ2v) is 4.89. The van der Waals surface area contributed by atoms with Crippen molar-refractivity contribution in [3.05, 3.63) is 18.2 Å².